The smallest absolute Gasteiger partial charge is 0.387 e. The predicted molar refractivity (Wildman–Crippen MR) is 95.3 cm³/mol. The summed E-state index contributed by atoms with van der Waals surface area (Å²) in [6.45, 7) is -5.69. The molecule has 8 N–H and O–H groups in total. The van der Waals surface area contributed by atoms with Gasteiger partial charge in [0.25, 0.3) is 0 Å². The van der Waals surface area contributed by atoms with Gasteiger partial charge in [0.05, 0.1) is 6.61 Å². The van der Waals surface area contributed by atoms with Gasteiger partial charge in [-0.1, -0.05) is 0 Å². The van der Waals surface area contributed by atoms with Crippen LogP contribution in [0.5, 0.6) is 0 Å². The molecule has 0 saturated carbocycles. The summed E-state index contributed by atoms with van der Waals surface area (Å²) in [5.74, 6) is -0.107. The van der Waals surface area contributed by atoms with Gasteiger partial charge in [0.1, 0.15) is 24.1 Å². The molecule has 1 aliphatic rings. The summed E-state index contributed by atoms with van der Waals surface area (Å²) in [7, 11) is -10.9. The van der Waals surface area contributed by atoms with Crippen LogP contribution in [0.1, 0.15) is 6.23 Å². The number of aliphatic hydroxyl groups is 2. The summed E-state index contributed by atoms with van der Waals surface area (Å²) in [5, 5.41) is 20.0. The minimum absolute atomic E-state index is 0.107. The lowest BCUT2D eigenvalue weighted by atomic mass is 10.1. The van der Waals surface area contributed by atoms with E-state index in [0.717, 1.165) is 10.8 Å². The first-order valence-electron chi connectivity index (χ1n) is 7.25. The second-order valence-electron chi connectivity index (χ2n) is 5.48. The summed E-state index contributed by atoms with van der Waals surface area (Å²) in [5.41, 5.74) is 4.42. The fourth-order valence-corrected chi connectivity index (χ4v) is 5.98. The Morgan fingerprint density at radius 2 is 1.79 bits per heavy atom. The Labute approximate surface area is 166 Å². The molecule has 29 heavy (non-hydrogen) atoms. The van der Waals surface area contributed by atoms with E-state index in [2.05, 4.69) is 29.9 Å². The normalized spacial score (nSPS) is 29.3. The first-order valence-corrected chi connectivity index (χ1v) is 12.9. The van der Waals surface area contributed by atoms with Crippen LogP contribution in [-0.2, 0) is 38.8 Å². The molecule has 0 spiro atoms. The molecule has 0 amide bonds. The Balaban J connectivity index is 2.05. The largest absolute Gasteiger partial charge is 0.488 e. The van der Waals surface area contributed by atoms with Gasteiger partial charge >= 0.3 is 28.1 Å². The van der Waals surface area contributed by atoms with Crippen molar-refractivity contribution >= 4 is 40.0 Å². The fraction of sp³-hybridized carbons (Fsp3) is 0.556. The van der Waals surface area contributed by atoms with Crippen molar-refractivity contribution in [1.29, 1.82) is 0 Å². The molecule has 2 unspecified atom stereocenters. The fourth-order valence-electron chi connectivity index (χ4n) is 2.19. The lowest BCUT2D eigenvalue weighted by Gasteiger charge is -2.19. The SMILES string of the molecule is Nc1ccn([C@@H]2O[C@H](COP(=O)(O)OP(=O)(O)OP(O)(O)=S)[C@@H](O)[C@H]2O)c(=O)n1. The Bertz CT molecular complexity index is 951. The summed E-state index contributed by atoms with van der Waals surface area (Å²) in [6, 6.07) is 1.21. The first-order chi connectivity index (χ1) is 13.1. The summed E-state index contributed by atoms with van der Waals surface area (Å²) in [6.07, 6.45) is -5.24. The molecule has 166 valence electrons. The van der Waals surface area contributed by atoms with Crippen LogP contribution in [0, 0.1) is 0 Å². The van der Waals surface area contributed by atoms with E-state index in [-0.39, 0.29) is 5.82 Å². The van der Waals surface area contributed by atoms with Gasteiger partial charge in [-0.3, -0.25) is 9.09 Å². The molecule has 16 nitrogen and oxygen atoms in total. The second kappa shape index (κ2) is 8.86. The van der Waals surface area contributed by atoms with E-state index in [1.165, 1.54) is 6.07 Å². The lowest BCUT2D eigenvalue weighted by molar-refractivity contribution is -0.0541. The highest BCUT2D eigenvalue weighted by molar-refractivity contribution is 8.08. The molecule has 0 bridgehead atoms. The van der Waals surface area contributed by atoms with Gasteiger partial charge in [0.2, 0.25) is 0 Å². The number of hydrogen-bond acceptors (Lipinski definition) is 12. The molecule has 20 heteroatoms. The maximum Gasteiger partial charge on any atom is 0.488 e. The van der Waals surface area contributed by atoms with Gasteiger partial charge in [-0.2, -0.15) is 9.29 Å². The average Bonchev–Trinajstić information content (AvgIpc) is 2.78. The highest BCUT2D eigenvalue weighted by atomic mass is 32.5. The van der Waals surface area contributed by atoms with Gasteiger partial charge in [-0.15, -0.1) is 0 Å². The number of nitrogens with zero attached hydrogens (tertiary/aromatic N) is 2. The molecule has 1 saturated heterocycles. The molecule has 0 aromatic carbocycles. The molecule has 2 rings (SSSR count). The highest BCUT2D eigenvalue weighted by Crippen LogP contribution is 2.66. The third kappa shape index (κ3) is 6.95. The van der Waals surface area contributed by atoms with Crippen molar-refractivity contribution < 1.29 is 56.8 Å². The number of hydrogen-bond donors (Lipinski definition) is 7. The van der Waals surface area contributed by atoms with Gasteiger partial charge in [-0.25, -0.2) is 18.2 Å². The van der Waals surface area contributed by atoms with Gasteiger partial charge in [0.15, 0.2) is 6.23 Å². The Morgan fingerprint density at radius 1 is 1.17 bits per heavy atom. The van der Waals surface area contributed by atoms with Crippen molar-refractivity contribution in [1.82, 2.24) is 9.55 Å². The van der Waals surface area contributed by atoms with Crippen LogP contribution in [0.15, 0.2) is 17.1 Å². The van der Waals surface area contributed by atoms with Crippen LogP contribution in [0.3, 0.4) is 0 Å². The molecule has 0 radical (unpaired) electrons. The van der Waals surface area contributed by atoms with Crippen molar-refractivity contribution in [2.75, 3.05) is 12.3 Å². The van der Waals surface area contributed by atoms with Crippen molar-refractivity contribution in [2.45, 2.75) is 24.5 Å². The van der Waals surface area contributed by atoms with Gasteiger partial charge in [-0.05, 0) is 17.9 Å². The maximum absolute atomic E-state index is 11.8. The number of phosphoric ester groups is 1. The topological polar surface area (TPSA) is 253 Å². The van der Waals surface area contributed by atoms with Crippen LogP contribution in [0.2, 0.25) is 0 Å². The van der Waals surface area contributed by atoms with E-state index in [9.17, 15) is 33.9 Å². The van der Waals surface area contributed by atoms with Gasteiger partial charge < -0.3 is 40.3 Å². The highest BCUT2D eigenvalue weighted by Gasteiger charge is 2.46. The number of ether oxygens (including phenoxy) is 1. The summed E-state index contributed by atoms with van der Waals surface area (Å²) >= 11 is 3.93. The molecule has 1 fully saturated rings. The van der Waals surface area contributed by atoms with Crippen molar-refractivity contribution in [3.05, 3.63) is 22.7 Å². The zero-order valence-corrected chi connectivity index (χ0v) is 17.4. The maximum atomic E-state index is 11.8. The third-order valence-corrected chi connectivity index (χ3v) is 7.68. The van der Waals surface area contributed by atoms with Crippen LogP contribution in [0.25, 0.3) is 0 Å². The predicted octanol–water partition coefficient (Wildman–Crippen LogP) is -2.10. The molecule has 1 aromatic heterocycles. The van der Waals surface area contributed by atoms with Crippen LogP contribution in [-0.4, -0.2) is 64.3 Å². The van der Waals surface area contributed by atoms with Gasteiger partial charge in [0, 0.05) is 6.20 Å². The van der Waals surface area contributed by atoms with Crippen molar-refractivity contribution in [3.8, 4) is 0 Å². The van der Waals surface area contributed by atoms with Crippen molar-refractivity contribution in [3.63, 3.8) is 0 Å². The number of nitrogen functional groups attached to an aromatic ring is 1. The second-order valence-corrected chi connectivity index (χ2v) is 11.3. The van der Waals surface area contributed by atoms with E-state index in [0.29, 0.717) is 0 Å². The molecular weight excluding hydrogens is 483 g/mol. The summed E-state index contributed by atoms with van der Waals surface area (Å²) < 4.78 is 41.1. The third-order valence-electron chi connectivity index (χ3n) is 3.28. The zero-order valence-electron chi connectivity index (χ0n) is 13.9. The number of aliphatic hydroxyl groups excluding tert-OH is 2. The molecule has 1 aromatic rings. The minimum Gasteiger partial charge on any atom is -0.387 e. The van der Waals surface area contributed by atoms with Crippen molar-refractivity contribution in [2.24, 2.45) is 0 Å². The molecular formula is C9H16N3O13P3S. The number of anilines is 1. The molecule has 6 atom stereocenters. The zero-order chi connectivity index (χ0) is 22.2. The van der Waals surface area contributed by atoms with E-state index >= 15 is 0 Å². The van der Waals surface area contributed by atoms with Crippen LogP contribution >= 0.6 is 22.4 Å². The molecule has 2 heterocycles. The van der Waals surface area contributed by atoms with E-state index in [1.807, 2.05) is 0 Å². The van der Waals surface area contributed by atoms with E-state index in [1.54, 1.807) is 0 Å². The number of phosphoric acid groups is 2. The molecule has 1 aliphatic heterocycles. The molecule has 0 aliphatic carbocycles. The number of rotatable bonds is 8. The minimum atomic E-state index is -5.51. The Kier molecular flexibility index (Phi) is 7.54. The first kappa shape index (κ1) is 24.7. The average molecular weight is 499 g/mol. The Morgan fingerprint density at radius 3 is 2.34 bits per heavy atom. The quantitative estimate of drug-likeness (QED) is 0.189. The number of aromatic nitrogens is 2. The lowest BCUT2D eigenvalue weighted by Crippen LogP contribution is -2.36. The monoisotopic (exact) mass is 499 g/mol. The standard InChI is InChI=1S/C9H16N3O13P3S/c10-5-1-2-12(9(15)11-5)8-7(14)6(13)4(23-8)3-22-26(16,17)24-27(18,19)25-28(20,21)29/h1-2,4,6-8,13-14H,3H2,(H,16,17)(H,18,19)(H2,10,11,15)(H2,20,21,29)/t4-,6-,7-,8-/m1/s1. The summed E-state index contributed by atoms with van der Waals surface area (Å²) in [4.78, 5) is 51.5. The Hall–Kier alpha value is -0.610. The van der Waals surface area contributed by atoms with E-state index < -0.39 is 59.2 Å². The van der Waals surface area contributed by atoms with Crippen LogP contribution < -0.4 is 11.4 Å². The van der Waals surface area contributed by atoms with Crippen LogP contribution in [0.4, 0.5) is 5.82 Å². The number of nitrogens with two attached hydrogens (primary N) is 1. The van der Waals surface area contributed by atoms with E-state index in [4.69, 9.17) is 20.3 Å².